The maximum Gasteiger partial charge on any atom is 0.200 e. The summed E-state index contributed by atoms with van der Waals surface area (Å²) >= 11 is 0. The van der Waals surface area contributed by atoms with Gasteiger partial charge in [0, 0.05) is 6.07 Å². The lowest BCUT2D eigenvalue weighted by Gasteiger charge is -2.03. The molecule has 0 amide bonds. The van der Waals surface area contributed by atoms with Crippen molar-refractivity contribution in [1.82, 2.24) is 0 Å². The van der Waals surface area contributed by atoms with Crippen LogP contribution in [-0.4, -0.2) is 10.2 Å². The van der Waals surface area contributed by atoms with Crippen LogP contribution in [0, 0.1) is 0 Å². The van der Waals surface area contributed by atoms with Crippen LogP contribution in [0.25, 0.3) is 16.5 Å². The number of hydrogen-bond donors (Lipinski definition) is 2. The molecule has 0 unspecified atom stereocenters. The van der Waals surface area contributed by atoms with Crippen molar-refractivity contribution >= 4 is 16.5 Å². The molecule has 2 rings (SSSR count). The first-order valence-electron chi connectivity index (χ1n) is 6.06. The molecule has 0 radical (unpaired) electrons. The molecule has 1 aromatic heterocycles. The molecule has 0 bridgehead atoms. The lowest BCUT2D eigenvalue weighted by Crippen LogP contribution is -2.07. The Morgan fingerprint density at radius 3 is 2.85 bits per heavy atom. The van der Waals surface area contributed by atoms with Crippen molar-refractivity contribution in [3.63, 3.8) is 0 Å². The number of fused-ring (bicyclic) bond motifs is 1. The van der Waals surface area contributed by atoms with Crippen LogP contribution in [0.3, 0.4) is 0 Å². The van der Waals surface area contributed by atoms with Gasteiger partial charge in [-0.2, -0.15) is 0 Å². The van der Waals surface area contributed by atoms with Gasteiger partial charge >= 0.3 is 0 Å². The van der Waals surface area contributed by atoms with Gasteiger partial charge in [-0.05, 0) is 30.7 Å². The molecule has 0 fully saturated rings. The molecule has 20 heavy (non-hydrogen) atoms. The average Bonchev–Trinajstić information content (AvgIpc) is 2.44. The highest BCUT2D eigenvalue weighted by Gasteiger charge is 2.09. The Balaban J connectivity index is 2.68. The number of phenolic OH excluding ortho intramolecular Hbond substituents is 1. The van der Waals surface area contributed by atoms with Crippen LogP contribution in [0.1, 0.15) is 12.5 Å². The first-order valence-corrected chi connectivity index (χ1v) is 6.06. The highest BCUT2D eigenvalue weighted by atomic mass is 16.3. The zero-order valence-electron chi connectivity index (χ0n) is 10.9. The minimum Gasteiger partial charge on any atom is -0.516 e. The zero-order chi connectivity index (χ0) is 14.5. The van der Waals surface area contributed by atoms with Gasteiger partial charge in [-0.15, -0.1) is 0 Å². The van der Waals surface area contributed by atoms with E-state index in [0.717, 1.165) is 6.26 Å². The maximum absolute atomic E-state index is 12.4. The van der Waals surface area contributed by atoms with Crippen LogP contribution in [0.5, 0.6) is 5.75 Å². The summed E-state index contributed by atoms with van der Waals surface area (Å²) in [6, 6.07) is 4.36. The van der Waals surface area contributed by atoms with Crippen LogP contribution in [-0.2, 0) is 0 Å². The molecule has 0 spiro atoms. The van der Waals surface area contributed by atoms with Crippen molar-refractivity contribution < 1.29 is 14.6 Å². The van der Waals surface area contributed by atoms with Gasteiger partial charge in [0.2, 0.25) is 0 Å². The standard InChI is InChI=1S/C16H14O4/c1-2-4-11(5-3-8-17)14-10-20-15-9-12(18)6-7-13(15)16(14)19/h2-10,17-18H,1H3/b4-2-,8-3+,11-5+. The molecule has 0 aliphatic heterocycles. The van der Waals surface area contributed by atoms with Gasteiger partial charge < -0.3 is 14.6 Å². The average molecular weight is 270 g/mol. The number of aliphatic hydroxyl groups excluding tert-OH is 1. The lowest BCUT2D eigenvalue weighted by molar-refractivity contribution is 0.473. The predicted molar refractivity (Wildman–Crippen MR) is 78.7 cm³/mol. The molecule has 102 valence electrons. The fourth-order valence-corrected chi connectivity index (χ4v) is 1.88. The summed E-state index contributed by atoms with van der Waals surface area (Å²) in [6.07, 6.45) is 8.82. The summed E-state index contributed by atoms with van der Waals surface area (Å²) in [5.74, 6) is 0.0424. The first kappa shape index (κ1) is 13.7. The predicted octanol–water partition coefficient (Wildman–Crippen LogP) is 3.53. The van der Waals surface area contributed by atoms with Crippen molar-refractivity contribution in [2.45, 2.75) is 6.92 Å². The Morgan fingerprint density at radius 2 is 2.15 bits per heavy atom. The van der Waals surface area contributed by atoms with E-state index in [-0.39, 0.29) is 11.2 Å². The molecule has 0 saturated heterocycles. The van der Waals surface area contributed by atoms with Crippen molar-refractivity contribution in [3.8, 4) is 5.75 Å². The molecule has 1 heterocycles. The highest BCUT2D eigenvalue weighted by molar-refractivity contribution is 5.84. The lowest BCUT2D eigenvalue weighted by atomic mass is 10.0. The molecule has 0 atom stereocenters. The molecule has 2 aromatic rings. The van der Waals surface area contributed by atoms with Gasteiger partial charge in [0.15, 0.2) is 5.43 Å². The second kappa shape index (κ2) is 5.93. The van der Waals surface area contributed by atoms with Crippen LogP contribution in [0.4, 0.5) is 0 Å². The Labute approximate surface area is 115 Å². The molecule has 1 aromatic carbocycles. The largest absolute Gasteiger partial charge is 0.516 e. The first-order chi connectivity index (χ1) is 9.67. The summed E-state index contributed by atoms with van der Waals surface area (Å²) < 4.78 is 5.39. The molecule has 4 heteroatoms. The van der Waals surface area contributed by atoms with Gasteiger partial charge in [-0.25, -0.2) is 0 Å². The van der Waals surface area contributed by atoms with E-state index in [1.807, 2.05) is 6.92 Å². The third kappa shape index (κ3) is 2.64. The highest BCUT2D eigenvalue weighted by Crippen LogP contribution is 2.21. The topological polar surface area (TPSA) is 70.7 Å². The number of aliphatic hydroxyl groups is 1. The SMILES string of the molecule is C\C=C/C(=C\C=C\O)c1coc2cc(O)ccc2c1=O. The Kier molecular flexibility index (Phi) is 4.05. The van der Waals surface area contributed by atoms with E-state index in [1.165, 1.54) is 30.5 Å². The van der Waals surface area contributed by atoms with E-state index >= 15 is 0 Å². The number of benzene rings is 1. The second-order valence-corrected chi connectivity index (χ2v) is 4.12. The quantitative estimate of drug-likeness (QED) is 0.661. The Bertz CT molecular complexity index is 764. The Hall–Kier alpha value is -2.75. The number of allylic oxidation sites excluding steroid dienone is 5. The Morgan fingerprint density at radius 1 is 1.35 bits per heavy atom. The fourth-order valence-electron chi connectivity index (χ4n) is 1.88. The van der Waals surface area contributed by atoms with Crippen LogP contribution in [0.15, 0.2) is 64.2 Å². The summed E-state index contributed by atoms with van der Waals surface area (Å²) in [5.41, 5.74) is 1.15. The monoisotopic (exact) mass is 270 g/mol. The number of phenols is 1. The van der Waals surface area contributed by atoms with E-state index in [9.17, 15) is 9.90 Å². The third-order valence-electron chi connectivity index (χ3n) is 2.78. The zero-order valence-corrected chi connectivity index (χ0v) is 10.9. The molecule has 2 N–H and O–H groups in total. The number of aromatic hydroxyl groups is 1. The van der Waals surface area contributed by atoms with Crippen LogP contribution >= 0.6 is 0 Å². The normalized spacial score (nSPS) is 12.8. The van der Waals surface area contributed by atoms with Crippen LogP contribution < -0.4 is 5.43 Å². The van der Waals surface area contributed by atoms with Crippen molar-refractivity contribution in [3.05, 3.63) is 70.8 Å². The summed E-state index contributed by atoms with van der Waals surface area (Å²) in [7, 11) is 0. The third-order valence-corrected chi connectivity index (χ3v) is 2.78. The van der Waals surface area contributed by atoms with Crippen molar-refractivity contribution in [1.29, 1.82) is 0 Å². The van der Waals surface area contributed by atoms with Crippen LogP contribution in [0.2, 0.25) is 0 Å². The fraction of sp³-hybridized carbons (Fsp3) is 0.0625. The minimum atomic E-state index is -0.193. The molecular weight excluding hydrogens is 256 g/mol. The van der Waals surface area contributed by atoms with Gasteiger partial charge in [-0.3, -0.25) is 4.79 Å². The smallest absolute Gasteiger partial charge is 0.200 e. The summed E-state index contributed by atoms with van der Waals surface area (Å²) in [5, 5.41) is 18.5. The van der Waals surface area contributed by atoms with E-state index in [4.69, 9.17) is 9.52 Å². The maximum atomic E-state index is 12.4. The van der Waals surface area contributed by atoms with Gasteiger partial charge in [0.25, 0.3) is 0 Å². The van der Waals surface area contributed by atoms with Gasteiger partial charge in [0.05, 0.1) is 17.2 Å². The summed E-state index contributed by atoms with van der Waals surface area (Å²) in [6.45, 7) is 1.83. The van der Waals surface area contributed by atoms with Crippen molar-refractivity contribution in [2.24, 2.45) is 0 Å². The molecule has 4 nitrogen and oxygen atoms in total. The second-order valence-electron chi connectivity index (χ2n) is 4.12. The number of hydrogen-bond acceptors (Lipinski definition) is 4. The van der Waals surface area contributed by atoms with Crippen molar-refractivity contribution in [2.75, 3.05) is 0 Å². The summed E-state index contributed by atoms with van der Waals surface area (Å²) in [4.78, 5) is 12.4. The van der Waals surface area contributed by atoms with Gasteiger partial charge in [0.1, 0.15) is 17.6 Å². The molecular formula is C16H14O4. The van der Waals surface area contributed by atoms with E-state index in [1.54, 1.807) is 18.2 Å². The molecule has 0 aliphatic rings. The van der Waals surface area contributed by atoms with Gasteiger partial charge in [-0.1, -0.05) is 18.2 Å². The minimum absolute atomic E-state index is 0.0424. The molecule has 0 saturated carbocycles. The van der Waals surface area contributed by atoms with E-state index in [0.29, 0.717) is 22.1 Å². The van der Waals surface area contributed by atoms with E-state index in [2.05, 4.69) is 0 Å². The van der Waals surface area contributed by atoms with E-state index < -0.39 is 0 Å². The molecule has 0 aliphatic carbocycles. The number of rotatable bonds is 3.